The van der Waals surface area contributed by atoms with E-state index in [0.717, 1.165) is 0 Å². The van der Waals surface area contributed by atoms with Crippen molar-refractivity contribution in [3.05, 3.63) is 5.56 Å². The monoisotopic (exact) mass is 325 g/mol. The molecule has 0 aliphatic heterocycles. The Morgan fingerprint density at radius 1 is 1.35 bits per heavy atom. The lowest BCUT2D eigenvalue weighted by molar-refractivity contribution is -0.158. The van der Waals surface area contributed by atoms with Gasteiger partial charge in [0.05, 0.1) is 18.8 Å². The van der Waals surface area contributed by atoms with E-state index in [9.17, 15) is 14.7 Å². The number of nitrogens with one attached hydrogen (secondary N) is 1. The van der Waals surface area contributed by atoms with Crippen molar-refractivity contribution < 1.29 is 28.7 Å². The highest BCUT2D eigenvalue weighted by atomic mass is 16.5. The van der Waals surface area contributed by atoms with E-state index in [1.165, 1.54) is 0 Å². The second kappa shape index (κ2) is 7.33. The van der Waals surface area contributed by atoms with Crippen LogP contribution in [0.5, 0.6) is 5.88 Å². The summed E-state index contributed by atoms with van der Waals surface area (Å²) >= 11 is 0. The summed E-state index contributed by atoms with van der Waals surface area (Å²) in [5.41, 5.74) is 0.258. The highest BCUT2D eigenvalue weighted by molar-refractivity contribution is 5.94. The van der Waals surface area contributed by atoms with Crippen molar-refractivity contribution in [1.29, 1.82) is 0 Å². The molecule has 0 amide bonds. The standard InChI is InChI=1S/C12H15N5O6/c1-3-21-10-6(5-7(11(18)19)12(20)22-4-2)8(23-15-10)9-13-16-17-14-9/h7H,3-5H2,1-2H3,(H,18,19)(H,13,14,16,17). The van der Waals surface area contributed by atoms with Crippen molar-refractivity contribution >= 4 is 11.9 Å². The minimum Gasteiger partial charge on any atom is -0.481 e. The predicted molar refractivity (Wildman–Crippen MR) is 72.3 cm³/mol. The fourth-order valence-corrected chi connectivity index (χ4v) is 1.88. The Labute approximate surface area is 129 Å². The van der Waals surface area contributed by atoms with E-state index < -0.39 is 17.9 Å². The molecule has 0 aromatic carbocycles. The summed E-state index contributed by atoms with van der Waals surface area (Å²) in [6.07, 6.45) is -0.239. The summed E-state index contributed by atoms with van der Waals surface area (Å²) in [5.74, 6) is -3.39. The molecular weight excluding hydrogens is 310 g/mol. The zero-order valence-corrected chi connectivity index (χ0v) is 12.5. The zero-order valence-electron chi connectivity index (χ0n) is 12.5. The van der Waals surface area contributed by atoms with E-state index in [1.807, 2.05) is 0 Å². The van der Waals surface area contributed by atoms with Crippen LogP contribution in [0, 0.1) is 5.92 Å². The highest BCUT2D eigenvalue weighted by Crippen LogP contribution is 2.31. The summed E-state index contributed by atoms with van der Waals surface area (Å²) in [5, 5.41) is 26.1. The molecule has 124 valence electrons. The Hall–Kier alpha value is -2.98. The van der Waals surface area contributed by atoms with E-state index in [0.29, 0.717) is 0 Å². The van der Waals surface area contributed by atoms with Gasteiger partial charge in [0.25, 0.3) is 5.88 Å². The van der Waals surface area contributed by atoms with Crippen molar-refractivity contribution in [2.24, 2.45) is 5.92 Å². The SMILES string of the molecule is CCOC(=O)C(Cc1c(OCC)noc1-c1nn[nH]n1)C(=O)O. The number of tetrazole rings is 1. The van der Waals surface area contributed by atoms with Gasteiger partial charge in [0.15, 0.2) is 5.92 Å². The van der Waals surface area contributed by atoms with Crippen molar-refractivity contribution in [3.63, 3.8) is 0 Å². The van der Waals surface area contributed by atoms with Gasteiger partial charge in [-0.05, 0) is 24.2 Å². The van der Waals surface area contributed by atoms with E-state index in [-0.39, 0.29) is 42.7 Å². The van der Waals surface area contributed by atoms with Gasteiger partial charge in [-0.1, -0.05) is 0 Å². The maximum absolute atomic E-state index is 11.8. The Morgan fingerprint density at radius 2 is 2.13 bits per heavy atom. The summed E-state index contributed by atoms with van der Waals surface area (Å²) in [6, 6.07) is 0. The molecule has 2 aromatic rings. The fraction of sp³-hybridized carbons (Fsp3) is 0.500. The largest absolute Gasteiger partial charge is 0.481 e. The van der Waals surface area contributed by atoms with Gasteiger partial charge in [-0.15, -0.1) is 10.2 Å². The molecule has 0 spiro atoms. The first-order chi connectivity index (χ1) is 11.1. The number of nitrogens with zero attached hydrogens (tertiary/aromatic N) is 4. The van der Waals surface area contributed by atoms with Crippen molar-refractivity contribution in [2.75, 3.05) is 13.2 Å². The first kappa shape index (κ1) is 16.4. The Kier molecular flexibility index (Phi) is 5.23. The minimum atomic E-state index is -1.43. The average Bonchev–Trinajstić information content (AvgIpc) is 3.14. The molecular formula is C12H15N5O6. The normalized spacial score (nSPS) is 11.9. The van der Waals surface area contributed by atoms with Crippen molar-refractivity contribution in [1.82, 2.24) is 25.8 Å². The lowest BCUT2D eigenvalue weighted by Gasteiger charge is -2.11. The third-order valence-corrected chi connectivity index (χ3v) is 2.86. The topological polar surface area (TPSA) is 153 Å². The molecule has 1 atom stereocenters. The van der Waals surface area contributed by atoms with E-state index in [1.54, 1.807) is 13.8 Å². The summed E-state index contributed by atoms with van der Waals surface area (Å²) in [7, 11) is 0. The molecule has 23 heavy (non-hydrogen) atoms. The van der Waals surface area contributed by atoms with Crippen molar-refractivity contribution in [2.45, 2.75) is 20.3 Å². The molecule has 0 aliphatic rings. The number of ether oxygens (including phenoxy) is 2. The number of carbonyl (C=O) groups excluding carboxylic acids is 1. The Bertz CT molecular complexity index is 668. The van der Waals surface area contributed by atoms with Gasteiger partial charge in [-0.3, -0.25) is 9.59 Å². The smallest absolute Gasteiger partial charge is 0.320 e. The number of hydrogen-bond acceptors (Lipinski definition) is 9. The molecule has 11 nitrogen and oxygen atoms in total. The predicted octanol–water partition coefficient (Wildman–Crippen LogP) is 0.0598. The number of esters is 1. The third kappa shape index (κ3) is 3.62. The molecule has 2 heterocycles. The van der Waals surface area contributed by atoms with Crippen LogP contribution in [0.4, 0.5) is 0 Å². The number of H-pyrrole nitrogens is 1. The van der Waals surface area contributed by atoms with Crippen LogP contribution in [-0.4, -0.2) is 56.0 Å². The lowest BCUT2D eigenvalue weighted by Crippen LogP contribution is -2.28. The Morgan fingerprint density at radius 3 is 2.70 bits per heavy atom. The summed E-state index contributed by atoms with van der Waals surface area (Å²) < 4.78 is 15.2. The van der Waals surface area contributed by atoms with Crippen LogP contribution < -0.4 is 4.74 Å². The first-order valence-corrected chi connectivity index (χ1v) is 6.83. The quantitative estimate of drug-likeness (QED) is 0.503. The number of aliphatic carboxylic acids is 1. The summed E-state index contributed by atoms with van der Waals surface area (Å²) in [4.78, 5) is 23.2. The zero-order chi connectivity index (χ0) is 16.8. The second-order valence-corrected chi connectivity index (χ2v) is 4.31. The molecule has 0 fully saturated rings. The molecule has 1 unspecified atom stereocenters. The minimum absolute atomic E-state index is 0.0717. The van der Waals surface area contributed by atoms with Gasteiger partial charge < -0.3 is 19.1 Å². The number of rotatable bonds is 8. The maximum Gasteiger partial charge on any atom is 0.320 e. The van der Waals surface area contributed by atoms with Crippen LogP contribution in [0.2, 0.25) is 0 Å². The van der Waals surface area contributed by atoms with Crippen molar-refractivity contribution in [3.8, 4) is 17.5 Å². The lowest BCUT2D eigenvalue weighted by atomic mass is 9.99. The number of hydrogen-bond donors (Lipinski definition) is 2. The number of aromatic amines is 1. The van der Waals surface area contributed by atoms with Gasteiger partial charge in [0.2, 0.25) is 11.6 Å². The fourth-order valence-electron chi connectivity index (χ4n) is 1.88. The highest BCUT2D eigenvalue weighted by Gasteiger charge is 2.33. The van der Waals surface area contributed by atoms with Gasteiger partial charge in [0, 0.05) is 6.42 Å². The molecule has 0 saturated heterocycles. The van der Waals surface area contributed by atoms with Crippen LogP contribution in [0.1, 0.15) is 19.4 Å². The van der Waals surface area contributed by atoms with Crippen LogP contribution >= 0.6 is 0 Å². The number of carbonyl (C=O) groups is 2. The molecule has 2 rings (SSSR count). The molecule has 0 aliphatic carbocycles. The average molecular weight is 325 g/mol. The van der Waals surface area contributed by atoms with Gasteiger partial charge >= 0.3 is 11.9 Å². The second-order valence-electron chi connectivity index (χ2n) is 4.31. The van der Waals surface area contributed by atoms with Crippen LogP contribution in [0.25, 0.3) is 11.6 Å². The number of carboxylic acid groups (broad SMARTS) is 1. The summed E-state index contributed by atoms with van der Waals surface area (Å²) in [6.45, 7) is 3.67. The van der Waals surface area contributed by atoms with Gasteiger partial charge in [0.1, 0.15) is 0 Å². The maximum atomic E-state index is 11.8. The number of carboxylic acids is 1. The molecule has 2 aromatic heterocycles. The van der Waals surface area contributed by atoms with Gasteiger partial charge in [-0.2, -0.15) is 5.21 Å². The Balaban J connectivity index is 2.37. The first-order valence-electron chi connectivity index (χ1n) is 6.83. The van der Waals surface area contributed by atoms with E-state index in [2.05, 4.69) is 25.8 Å². The van der Waals surface area contributed by atoms with Crippen LogP contribution in [-0.2, 0) is 20.7 Å². The number of aromatic nitrogens is 5. The molecule has 11 heteroatoms. The third-order valence-electron chi connectivity index (χ3n) is 2.86. The molecule has 0 saturated carbocycles. The molecule has 0 bridgehead atoms. The van der Waals surface area contributed by atoms with E-state index in [4.69, 9.17) is 14.0 Å². The molecule has 0 radical (unpaired) electrons. The van der Waals surface area contributed by atoms with Crippen LogP contribution in [0.15, 0.2) is 4.52 Å². The van der Waals surface area contributed by atoms with Gasteiger partial charge in [-0.25, -0.2) is 0 Å². The molecule has 2 N–H and O–H groups in total. The van der Waals surface area contributed by atoms with E-state index >= 15 is 0 Å². The van der Waals surface area contributed by atoms with Crippen LogP contribution in [0.3, 0.4) is 0 Å².